The summed E-state index contributed by atoms with van der Waals surface area (Å²) in [6, 6.07) is 8.37. The molecule has 0 N–H and O–H groups in total. The average Bonchev–Trinajstić information content (AvgIpc) is 2.37. The molecule has 0 fully saturated rings. The normalized spacial score (nSPS) is 12.4. The third-order valence-electron chi connectivity index (χ3n) is 2.60. The van der Waals surface area contributed by atoms with Crippen molar-refractivity contribution in [3.8, 4) is 0 Å². The zero-order valence-electron chi connectivity index (χ0n) is 10.6. The van der Waals surface area contributed by atoms with Crippen LogP contribution < -0.4 is 0 Å². The summed E-state index contributed by atoms with van der Waals surface area (Å²) in [5, 5.41) is 0. The van der Waals surface area contributed by atoms with Crippen LogP contribution in [0.4, 0.5) is 0 Å². The minimum absolute atomic E-state index is 0. The first kappa shape index (κ1) is 19.4. The van der Waals surface area contributed by atoms with E-state index < -0.39 is 0 Å². The van der Waals surface area contributed by atoms with E-state index in [9.17, 15) is 0 Å². The molecule has 0 aliphatic rings. The smallest absolute Gasteiger partial charge is 0.0582 e. The molecule has 1 rings (SSSR count). The van der Waals surface area contributed by atoms with E-state index in [0.29, 0.717) is 14.6 Å². The van der Waals surface area contributed by atoms with Crippen LogP contribution in [0.5, 0.6) is 0 Å². The first-order valence-corrected chi connectivity index (χ1v) is 8.84. The standard InChI is InChI=1S/C12H20O2P3.U/c1-10(14-15)5-4-8-11-6-2-3-7-12(11)9-13-17-16;/h2-3,6-7,9-10,17H,4-5,8,15-16H2,1H3;/q-1;. The summed E-state index contributed by atoms with van der Waals surface area (Å²) in [6.07, 6.45) is 3.57. The van der Waals surface area contributed by atoms with Gasteiger partial charge in [0.1, 0.15) is 0 Å². The molecule has 1 aromatic carbocycles. The molecule has 0 radical (unpaired) electrons. The molecular formula is C12H20O2P3U-. The second-order valence-corrected chi connectivity index (χ2v) is 5.34. The van der Waals surface area contributed by atoms with Gasteiger partial charge in [0.2, 0.25) is 0 Å². The molecule has 0 amide bonds. The van der Waals surface area contributed by atoms with Crippen molar-refractivity contribution in [2.45, 2.75) is 32.3 Å². The van der Waals surface area contributed by atoms with Crippen molar-refractivity contribution in [1.82, 2.24) is 0 Å². The van der Waals surface area contributed by atoms with Crippen LogP contribution in [-0.4, -0.2) is 6.10 Å². The molecule has 0 aliphatic carbocycles. The molecular weight excluding hydrogens is 507 g/mol. The first-order chi connectivity index (χ1) is 8.27. The van der Waals surface area contributed by atoms with Crippen LogP contribution in [0.2, 0.25) is 0 Å². The molecule has 0 spiro atoms. The van der Waals surface area contributed by atoms with Gasteiger partial charge < -0.3 is 9.05 Å². The topological polar surface area (TPSA) is 18.5 Å². The Morgan fingerprint density at radius 3 is 2.78 bits per heavy atom. The largest absolute Gasteiger partial charge is 0.390 e. The van der Waals surface area contributed by atoms with Crippen molar-refractivity contribution < 1.29 is 40.2 Å². The second kappa shape index (κ2) is 12.1. The maximum atomic E-state index is 5.35. The van der Waals surface area contributed by atoms with Gasteiger partial charge in [-0.1, -0.05) is 34.4 Å². The summed E-state index contributed by atoms with van der Waals surface area (Å²) in [4.78, 5) is 0. The van der Waals surface area contributed by atoms with E-state index in [1.165, 1.54) is 11.1 Å². The Bertz CT molecular complexity index is 326. The maximum Gasteiger partial charge on any atom is 0.0582 e. The third kappa shape index (κ3) is 7.82. The van der Waals surface area contributed by atoms with Gasteiger partial charge in [0.05, 0.1) is 6.10 Å². The van der Waals surface area contributed by atoms with Crippen LogP contribution in [0.25, 0.3) is 0 Å². The molecule has 0 aliphatic heterocycles. The minimum Gasteiger partial charge on any atom is -0.390 e. The van der Waals surface area contributed by atoms with Gasteiger partial charge in [0, 0.05) is 49.1 Å². The summed E-state index contributed by atoms with van der Waals surface area (Å²) in [6.45, 7) is 3.93. The number of rotatable bonds is 8. The Morgan fingerprint density at radius 1 is 1.39 bits per heavy atom. The number of benzene rings is 1. The summed E-state index contributed by atoms with van der Waals surface area (Å²) < 4.78 is 10.5. The van der Waals surface area contributed by atoms with E-state index in [1.54, 1.807) is 0 Å². The Balaban J connectivity index is 0.00000289. The summed E-state index contributed by atoms with van der Waals surface area (Å²) in [5.74, 6) is 0. The number of hydrogen-bond donors (Lipinski definition) is 0. The van der Waals surface area contributed by atoms with Crippen LogP contribution >= 0.6 is 26.9 Å². The molecule has 100 valence electrons. The van der Waals surface area contributed by atoms with Crippen molar-refractivity contribution in [1.29, 1.82) is 0 Å². The van der Waals surface area contributed by atoms with E-state index in [0.717, 1.165) is 19.3 Å². The zero-order valence-corrected chi connectivity index (χ0v) is 18.0. The molecule has 0 saturated heterocycles. The fourth-order valence-electron chi connectivity index (χ4n) is 1.62. The summed E-state index contributed by atoms with van der Waals surface area (Å²) in [7, 11) is 5.32. The van der Waals surface area contributed by atoms with Gasteiger partial charge in [-0.15, -0.1) is 17.7 Å². The van der Waals surface area contributed by atoms with E-state index in [4.69, 9.17) is 9.05 Å². The molecule has 6 heteroatoms. The SMILES string of the molecule is CC(CCCc1ccccc1[CH-]OPP)OP.[U]. The van der Waals surface area contributed by atoms with E-state index in [1.807, 2.05) is 12.7 Å². The van der Waals surface area contributed by atoms with Crippen molar-refractivity contribution >= 4 is 26.9 Å². The minimum atomic E-state index is 0. The molecule has 0 bridgehead atoms. The average molecular weight is 527 g/mol. The Hall–Kier alpha value is 1.35. The first-order valence-electron chi connectivity index (χ1n) is 5.66. The summed E-state index contributed by atoms with van der Waals surface area (Å²) >= 11 is 0. The van der Waals surface area contributed by atoms with E-state index in [-0.39, 0.29) is 31.1 Å². The molecule has 4 atom stereocenters. The number of aryl methyl sites for hydroxylation is 1. The fraction of sp³-hybridized carbons (Fsp3) is 0.417. The molecule has 1 aromatic rings. The van der Waals surface area contributed by atoms with Crippen LogP contribution in [0.3, 0.4) is 0 Å². The van der Waals surface area contributed by atoms with Crippen molar-refractivity contribution in [3.05, 3.63) is 42.0 Å². The third-order valence-corrected chi connectivity index (χ3v) is 3.72. The monoisotopic (exact) mass is 527 g/mol. The molecule has 0 saturated carbocycles. The van der Waals surface area contributed by atoms with Crippen LogP contribution in [0, 0.1) is 37.7 Å². The molecule has 0 heterocycles. The van der Waals surface area contributed by atoms with Crippen LogP contribution in [0.15, 0.2) is 24.3 Å². The van der Waals surface area contributed by atoms with Crippen molar-refractivity contribution in [2.75, 3.05) is 0 Å². The van der Waals surface area contributed by atoms with Gasteiger partial charge in [0.15, 0.2) is 0 Å². The van der Waals surface area contributed by atoms with Gasteiger partial charge in [0.25, 0.3) is 0 Å². The molecule has 4 unspecified atom stereocenters. The van der Waals surface area contributed by atoms with Gasteiger partial charge >= 0.3 is 0 Å². The fourth-order valence-corrected chi connectivity index (χ4v) is 2.16. The van der Waals surface area contributed by atoms with Gasteiger partial charge in [-0.05, 0) is 13.3 Å². The Kier molecular flexibility index (Phi) is 13.0. The second-order valence-electron chi connectivity index (χ2n) is 3.89. The van der Waals surface area contributed by atoms with Crippen molar-refractivity contribution in [3.63, 3.8) is 0 Å². The molecule has 18 heavy (non-hydrogen) atoms. The van der Waals surface area contributed by atoms with Gasteiger partial charge in [-0.2, -0.15) is 11.6 Å². The van der Waals surface area contributed by atoms with Gasteiger partial charge in [-0.25, -0.2) is 0 Å². The van der Waals surface area contributed by atoms with Crippen LogP contribution in [-0.2, 0) is 15.5 Å². The van der Waals surface area contributed by atoms with E-state index >= 15 is 0 Å². The quantitative estimate of drug-likeness (QED) is 0.375. The predicted molar refractivity (Wildman–Crippen MR) is 82.1 cm³/mol. The zero-order chi connectivity index (χ0) is 12.5. The Labute approximate surface area is 140 Å². The van der Waals surface area contributed by atoms with Gasteiger partial charge in [-0.3, -0.25) is 0 Å². The maximum absolute atomic E-state index is 5.35. The molecule has 2 nitrogen and oxygen atoms in total. The number of hydrogen-bond acceptors (Lipinski definition) is 2. The van der Waals surface area contributed by atoms with Crippen LogP contribution in [0.1, 0.15) is 30.9 Å². The van der Waals surface area contributed by atoms with Crippen molar-refractivity contribution in [2.24, 2.45) is 0 Å². The Morgan fingerprint density at radius 2 is 2.11 bits per heavy atom. The summed E-state index contributed by atoms with van der Waals surface area (Å²) in [5.41, 5.74) is 2.52. The van der Waals surface area contributed by atoms with E-state index in [2.05, 4.69) is 43.5 Å². The molecule has 0 aromatic heterocycles. The predicted octanol–water partition coefficient (Wildman–Crippen LogP) is 4.11.